The van der Waals surface area contributed by atoms with E-state index in [0.717, 1.165) is 5.56 Å². The number of hydrogen-bond acceptors (Lipinski definition) is 7. The Kier molecular flexibility index (Phi) is 7.69. The third-order valence-electron chi connectivity index (χ3n) is 5.24. The molecule has 35 heavy (non-hydrogen) atoms. The van der Waals surface area contributed by atoms with Crippen LogP contribution in [0.4, 0.5) is 17.2 Å². The van der Waals surface area contributed by atoms with Crippen molar-refractivity contribution in [1.29, 1.82) is 0 Å². The number of aromatic nitrogens is 2. The van der Waals surface area contributed by atoms with Crippen LogP contribution in [0.5, 0.6) is 5.75 Å². The minimum Gasteiger partial charge on any atom is -0.484 e. The number of amides is 1. The van der Waals surface area contributed by atoms with Gasteiger partial charge in [0.15, 0.2) is 12.3 Å². The fraction of sp³-hybridized carbons (Fsp3) is 0.292. The first-order chi connectivity index (χ1) is 16.6. The molecular formula is C24H27N5O6. The summed E-state index contributed by atoms with van der Waals surface area (Å²) in [7, 11) is 0. The average molecular weight is 482 g/mol. The van der Waals surface area contributed by atoms with Crippen molar-refractivity contribution in [1.82, 2.24) is 9.55 Å². The molecule has 0 radical (unpaired) electrons. The standard InChI is InChI=1S/C24H27N5O6/c1-15(2)12-27(20(30)14-35-18-9-10-19(29(33)34)16(3)11-18)21-22(25)28(24(32)26-23(21)31)13-17-7-5-4-6-8-17/h4-11,15H,12-14,25H2,1-3H3,(H,26,31,32). The number of nitro groups is 1. The van der Waals surface area contributed by atoms with Crippen LogP contribution in [0, 0.1) is 23.0 Å². The maximum atomic E-state index is 13.2. The van der Waals surface area contributed by atoms with Gasteiger partial charge in [-0.15, -0.1) is 0 Å². The van der Waals surface area contributed by atoms with Gasteiger partial charge in [-0.05, 0) is 30.5 Å². The maximum Gasteiger partial charge on any atom is 0.330 e. The Morgan fingerprint density at radius 2 is 1.89 bits per heavy atom. The topological polar surface area (TPSA) is 154 Å². The van der Waals surface area contributed by atoms with E-state index in [9.17, 15) is 24.5 Å². The molecule has 184 valence electrons. The largest absolute Gasteiger partial charge is 0.484 e. The molecule has 0 bridgehead atoms. The van der Waals surface area contributed by atoms with E-state index in [-0.39, 0.29) is 41.9 Å². The van der Waals surface area contributed by atoms with E-state index in [1.54, 1.807) is 6.92 Å². The van der Waals surface area contributed by atoms with Gasteiger partial charge in [-0.1, -0.05) is 44.2 Å². The van der Waals surface area contributed by atoms with Crippen LogP contribution in [0.15, 0.2) is 58.1 Å². The van der Waals surface area contributed by atoms with E-state index in [2.05, 4.69) is 4.98 Å². The van der Waals surface area contributed by atoms with Gasteiger partial charge in [-0.25, -0.2) is 4.79 Å². The zero-order valence-corrected chi connectivity index (χ0v) is 19.7. The van der Waals surface area contributed by atoms with Crippen LogP contribution >= 0.6 is 0 Å². The van der Waals surface area contributed by atoms with E-state index in [1.807, 2.05) is 44.2 Å². The van der Waals surface area contributed by atoms with Gasteiger partial charge in [0.25, 0.3) is 17.2 Å². The van der Waals surface area contributed by atoms with Gasteiger partial charge in [0.05, 0.1) is 11.5 Å². The number of nitrogens with zero attached hydrogens (tertiary/aromatic N) is 3. The molecule has 1 aromatic heterocycles. The van der Waals surface area contributed by atoms with Gasteiger partial charge in [-0.2, -0.15) is 0 Å². The minimum atomic E-state index is -0.781. The van der Waals surface area contributed by atoms with Gasteiger partial charge in [0.2, 0.25) is 0 Å². The quantitative estimate of drug-likeness (QED) is 0.351. The summed E-state index contributed by atoms with van der Waals surface area (Å²) >= 11 is 0. The van der Waals surface area contributed by atoms with Crippen molar-refractivity contribution in [3.05, 3.63) is 90.6 Å². The summed E-state index contributed by atoms with van der Waals surface area (Å²) in [6.45, 7) is 5.11. The maximum absolute atomic E-state index is 13.2. The number of H-pyrrole nitrogens is 1. The number of aryl methyl sites for hydroxylation is 1. The molecule has 11 heteroatoms. The highest BCUT2D eigenvalue weighted by Gasteiger charge is 2.25. The highest BCUT2D eigenvalue weighted by Crippen LogP contribution is 2.24. The lowest BCUT2D eigenvalue weighted by Gasteiger charge is -2.26. The molecule has 3 N–H and O–H groups in total. The number of anilines is 2. The molecule has 0 aliphatic heterocycles. The van der Waals surface area contributed by atoms with Crippen molar-refractivity contribution in [2.24, 2.45) is 5.92 Å². The second-order valence-electron chi connectivity index (χ2n) is 8.46. The van der Waals surface area contributed by atoms with Crippen molar-refractivity contribution < 1.29 is 14.5 Å². The molecule has 0 aliphatic rings. The second-order valence-corrected chi connectivity index (χ2v) is 8.46. The van der Waals surface area contributed by atoms with Gasteiger partial charge in [0, 0.05) is 18.2 Å². The number of carbonyl (C=O) groups is 1. The van der Waals surface area contributed by atoms with Crippen molar-refractivity contribution in [2.45, 2.75) is 27.3 Å². The molecule has 1 amide bonds. The number of rotatable bonds is 9. The van der Waals surface area contributed by atoms with Gasteiger partial charge >= 0.3 is 5.69 Å². The Morgan fingerprint density at radius 1 is 1.20 bits per heavy atom. The predicted molar refractivity (Wildman–Crippen MR) is 132 cm³/mol. The fourth-order valence-electron chi connectivity index (χ4n) is 3.59. The summed E-state index contributed by atoms with van der Waals surface area (Å²) in [5.41, 5.74) is 5.77. The van der Waals surface area contributed by atoms with Crippen LogP contribution in [-0.4, -0.2) is 33.5 Å². The number of nitrogens with two attached hydrogens (primary N) is 1. The molecule has 0 atom stereocenters. The zero-order chi connectivity index (χ0) is 25.7. The Morgan fingerprint density at radius 3 is 2.49 bits per heavy atom. The van der Waals surface area contributed by atoms with E-state index in [1.165, 1.54) is 27.7 Å². The first kappa shape index (κ1) is 25.2. The lowest BCUT2D eigenvalue weighted by atomic mass is 10.2. The smallest absolute Gasteiger partial charge is 0.330 e. The summed E-state index contributed by atoms with van der Waals surface area (Å²) < 4.78 is 6.76. The molecule has 0 fully saturated rings. The van der Waals surface area contributed by atoms with Crippen molar-refractivity contribution in [3.8, 4) is 5.75 Å². The van der Waals surface area contributed by atoms with E-state index in [0.29, 0.717) is 5.56 Å². The average Bonchev–Trinajstić information content (AvgIpc) is 2.79. The van der Waals surface area contributed by atoms with Crippen molar-refractivity contribution >= 4 is 23.1 Å². The summed E-state index contributed by atoms with van der Waals surface area (Å²) in [6, 6.07) is 13.2. The molecule has 3 aromatic rings. The van der Waals surface area contributed by atoms with Crippen LogP contribution in [0.25, 0.3) is 0 Å². The molecule has 0 unspecified atom stereocenters. The number of nitrogen functional groups attached to an aromatic ring is 1. The van der Waals surface area contributed by atoms with Gasteiger partial charge in [-0.3, -0.25) is 29.3 Å². The fourth-order valence-corrected chi connectivity index (χ4v) is 3.59. The molecule has 11 nitrogen and oxygen atoms in total. The number of nitrogens with one attached hydrogen (secondary N) is 1. The van der Waals surface area contributed by atoms with E-state index >= 15 is 0 Å². The summed E-state index contributed by atoms with van der Waals surface area (Å²) in [4.78, 5) is 52.4. The first-order valence-corrected chi connectivity index (χ1v) is 10.9. The number of nitro benzene ring substituents is 1. The first-order valence-electron chi connectivity index (χ1n) is 10.9. The highest BCUT2D eigenvalue weighted by molar-refractivity contribution is 5.96. The second kappa shape index (κ2) is 10.7. The van der Waals surface area contributed by atoms with Crippen LogP contribution in [0.3, 0.4) is 0 Å². The van der Waals surface area contributed by atoms with Crippen LogP contribution in [0.1, 0.15) is 25.0 Å². The highest BCUT2D eigenvalue weighted by atomic mass is 16.6. The Labute approximate surface area is 200 Å². The number of benzene rings is 2. The normalized spacial score (nSPS) is 10.9. The third kappa shape index (κ3) is 5.94. The van der Waals surface area contributed by atoms with Crippen LogP contribution < -0.4 is 26.6 Å². The summed E-state index contributed by atoms with van der Waals surface area (Å²) in [5.74, 6) is -0.463. The zero-order valence-electron chi connectivity index (χ0n) is 19.7. The molecule has 0 saturated heterocycles. The molecule has 0 saturated carbocycles. The van der Waals surface area contributed by atoms with Crippen LogP contribution in [-0.2, 0) is 11.3 Å². The lowest BCUT2D eigenvalue weighted by Crippen LogP contribution is -2.44. The summed E-state index contributed by atoms with van der Waals surface area (Å²) in [6.07, 6.45) is 0. The third-order valence-corrected chi connectivity index (χ3v) is 5.24. The number of aromatic amines is 1. The molecule has 1 heterocycles. The molecular weight excluding hydrogens is 454 g/mol. The lowest BCUT2D eigenvalue weighted by molar-refractivity contribution is -0.385. The van der Waals surface area contributed by atoms with E-state index in [4.69, 9.17) is 10.5 Å². The van der Waals surface area contributed by atoms with E-state index < -0.39 is 28.7 Å². The Hall–Kier alpha value is -4.41. The van der Waals surface area contributed by atoms with Crippen LogP contribution in [0.2, 0.25) is 0 Å². The molecule has 3 rings (SSSR count). The molecule has 0 aliphatic carbocycles. The predicted octanol–water partition coefficient (Wildman–Crippen LogP) is 2.45. The number of hydrogen-bond donors (Lipinski definition) is 2. The number of carbonyl (C=O) groups excluding carboxylic acids is 1. The molecule has 0 spiro atoms. The van der Waals surface area contributed by atoms with Gasteiger partial charge < -0.3 is 15.4 Å². The Balaban J connectivity index is 1.92. The minimum absolute atomic E-state index is 0.0335. The monoisotopic (exact) mass is 481 g/mol. The van der Waals surface area contributed by atoms with Crippen molar-refractivity contribution in [2.75, 3.05) is 23.8 Å². The summed E-state index contributed by atoms with van der Waals surface area (Å²) in [5, 5.41) is 11.0. The molecule has 2 aromatic carbocycles. The van der Waals surface area contributed by atoms with Crippen molar-refractivity contribution in [3.63, 3.8) is 0 Å². The number of ether oxygens (including phenoxy) is 1. The Bertz CT molecular complexity index is 1350. The SMILES string of the molecule is Cc1cc(OCC(=O)N(CC(C)C)c2c(N)n(Cc3ccccc3)c(=O)[nH]c2=O)ccc1[N+](=O)[O-]. The van der Waals surface area contributed by atoms with Gasteiger partial charge in [0.1, 0.15) is 11.6 Å².